The molecule has 3 nitrogen and oxygen atoms in total. The minimum Gasteiger partial charge on any atom is -0.394 e. The molecule has 0 radical (unpaired) electrons. The third kappa shape index (κ3) is 3.45. The van der Waals surface area contributed by atoms with Crippen molar-refractivity contribution in [1.82, 2.24) is 5.32 Å². The Hall–Kier alpha value is -0.610. The van der Waals surface area contributed by atoms with Crippen LogP contribution >= 0.6 is 11.6 Å². The summed E-state index contributed by atoms with van der Waals surface area (Å²) in [5.41, 5.74) is 2.07. The van der Waals surface area contributed by atoms with Crippen LogP contribution in [-0.2, 0) is 4.74 Å². The van der Waals surface area contributed by atoms with E-state index in [2.05, 4.69) is 5.32 Å². The van der Waals surface area contributed by atoms with Gasteiger partial charge in [0.25, 0.3) is 0 Å². The second-order valence-electron chi connectivity index (χ2n) is 4.79. The van der Waals surface area contributed by atoms with E-state index in [0.29, 0.717) is 0 Å². The summed E-state index contributed by atoms with van der Waals surface area (Å²) in [4.78, 5) is 0. The first kappa shape index (κ1) is 13.8. The highest BCUT2D eigenvalue weighted by molar-refractivity contribution is 6.31. The molecule has 0 amide bonds. The molecule has 0 saturated carbocycles. The summed E-state index contributed by atoms with van der Waals surface area (Å²) in [6.07, 6.45) is 2.51. The third-order valence-electron chi connectivity index (χ3n) is 3.40. The molecule has 0 aromatic heterocycles. The lowest BCUT2D eigenvalue weighted by molar-refractivity contribution is 0.104. The summed E-state index contributed by atoms with van der Waals surface area (Å²) in [7, 11) is 0. The van der Waals surface area contributed by atoms with Crippen LogP contribution in [0.3, 0.4) is 0 Å². The van der Waals surface area contributed by atoms with Crippen LogP contribution in [0.2, 0.25) is 5.02 Å². The predicted molar refractivity (Wildman–Crippen MR) is 73.0 cm³/mol. The lowest BCUT2D eigenvalue weighted by Gasteiger charge is -2.19. The molecule has 1 heterocycles. The average molecular weight is 270 g/mol. The van der Waals surface area contributed by atoms with E-state index < -0.39 is 0 Å². The number of hydrogen-bond acceptors (Lipinski definition) is 3. The van der Waals surface area contributed by atoms with Crippen molar-refractivity contribution in [2.45, 2.75) is 31.9 Å². The van der Waals surface area contributed by atoms with Crippen molar-refractivity contribution in [1.29, 1.82) is 0 Å². The van der Waals surface area contributed by atoms with Gasteiger partial charge in [-0.15, -0.1) is 0 Å². The van der Waals surface area contributed by atoms with E-state index in [0.717, 1.165) is 42.1 Å². The van der Waals surface area contributed by atoms with E-state index in [1.165, 1.54) is 0 Å². The Balaban J connectivity index is 1.96. The van der Waals surface area contributed by atoms with Gasteiger partial charge in [-0.2, -0.15) is 0 Å². The summed E-state index contributed by atoms with van der Waals surface area (Å²) in [6, 6.07) is 5.83. The highest BCUT2D eigenvalue weighted by Crippen LogP contribution is 2.21. The van der Waals surface area contributed by atoms with Crippen LogP contribution < -0.4 is 5.32 Å². The van der Waals surface area contributed by atoms with Crippen molar-refractivity contribution in [2.75, 3.05) is 19.8 Å². The first-order valence-corrected chi connectivity index (χ1v) is 6.80. The Morgan fingerprint density at radius 1 is 1.56 bits per heavy atom. The summed E-state index contributed by atoms with van der Waals surface area (Å²) in [6.45, 7) is 3.66. The molecule has 0 spiro atoms. The number of ether oxygens (including phenoxy) is 1. The minimum atomic E-state index is -0.0766. The van der Waals surface area contributed by atoms with Gasteiger partial charge in [-0.25, -0.2) is 0 Å². The van der Waals surface area contributed by atoms with Crippen molar-refractivity contribution in [2.24, 2.45) is 0 Å². The van der Waals surface area contributed by atoms with Gasteiger partial charge in [0, 0.05) is 18.2 Å². The van der Waals surface area contributed by atoms with Gasteiger partial charge in [0.05, 0.1) is 18.8 Å². The number of hydrogen-bond donors (Lipinski definition) is 2. The summed E-state index contributed by atoms with van der Waals surface area (Å²) >= 11 is 6.11. The zero-order chi connectivity index (χ0) is 13.0. The number of aryl methyl sites for hydroxylation is 1. The highest BCUT2D eigenvalue weighted by atomic mass is 35.5. The van der Waals surface area contributed by atoms with Gasteiger partial charge in [0.2, 0.25) is 0 Å². The van der Waals surface area contributed by atoms with Gasteiger partial charge in [-0.05, 0) is 37.0 Å². The molecule has 18 heavy (non-hydrogen) atoms. The maximum Gasteiger partial charge on any atom is 0.0700 e. The van der Waals surface area contributed by atoms with Crippen molar-refractivity contribution in [3.63, 3.8) is 0 Å². The maximum atomic E-state index is 9.47. The predicted octanol–water partition coefficient (Wildman–Crippen LogP) is 2.45. The molecule has 2 rings (SSSR count). The average Bonchev–Trinajstić information content (AvgIpc) is 2.87. The number of aliphatic hydroxyl groups is 1. The van der Waals surface area contributed by atoms with Crippen molar-refractivity contribution in [3.05, 3.63) is 34.3 Å². The smallest absolute Gasteiger partial charge is 0.0700 e. The zero-order valence-corrected chi connectivity index (χ0v) is 11.4. The van der Waals surface area contributed by atoms with Crippen molar-refractivity contribution in [3.8, 4) is 0 Å². The number of benzene rings is 1. The Morgan fingerprint density at radius 3 is 3.00 bits per heavy atom. The Kier molecular flexibility index (Phi) is 5.01. The molecular weight excluding hydrogens is 250 g/mol. The molecule has 100 valence electrons. The molecule has 1 aliphatic rings. The molecule has 0 bridgehead atoms. The third-order valence-corrected chi connectivity index (χ3v) is 3.80. The number of nitrogens with one attached hydrogen (secondary N) is 1. The molecule has 2 N–H and O–H groups in total. The van der Waals surface area contributed by atoms with Gasteiger partial charge < -0.3 is 15.2 Å². The molecule has 2 unspecified atom stereocenters. The second-order valence-corrected chi connectivity index (χ2v) is 5.19. The fourth-order valence-electron chi connectivity index (χ4n) is 2.19. The van der Waals surface area contributed by atoms with E-state index in [1.807, 2.05) is 25.1 Å². The molecule has 1 aromatic rings. The van der Waals surface area contributed by atoms with Crippen LogP contribution in [-0.4, -0.2) is 31.0 Å². The lowest BCUT2D eigenvalue weighted by Crippen LogP contribution is -2.31. The van der Waals surface area contributed by atoms with Gasteiger partial charge >= 0.3 is 0 Å². The monoisotopic (exact) mass is 269 g/mol. The highest BCUT2D eigenvalue weighted by Gasteiger charge is 2.18. The summed E-state index contributed by atoms with van der Waals surface area (Å²) < 4.78 is 5.56. The van der Waals surface area contributed by atoms with Crippen LogP contribution in [0.1, 0.15) is 30.0 Å². The topological polar surface area (TPSA) is 41.5 Å². The first-order chi connectivity index (χ1) is 8.70. The fraction of sp³-hybridized carbons (Fsp3) is 0.571. The number of aliphatic hydroxyl groups excluding tert-OH is 1. The standard InChI is InChI=1S/C14H20ClNO2/c1-10-4-5-11(7-13(10)15)14(9-17)16-8-12-3-2-6-18-12/h4-5,7,12,14,16-17H,2-3,6,8-9H2,1H3. The van der Waals surface area contributed by atoms with E-state index in [-0.39, 0.29) is 18.8 Å². The Morgan fingerprint density at radius 2 is 2.39 bits per heavy atom. The Bertz CT molecular complexity index is 391. The summed E-state index contributed by atoms with van der Waals surface area (Å²) in [5.74, 6) is 0. The van der Waals surface area contributed by atoms with E-state index in [4.69, 9.17) is 16.3 Å². The number of rotatable bonds is 5. The molecule has 1 saturated heterocycles. The van der Waals surface area contributed by atoms with Gasteiger partial charge in [-0.3, -0.25) is 0 Å². The largest absolute Gasteiger partial charge is 0.394 e. The van der Waals surface area contributed by atoms with Gasteiger partial charge in [0.15, 0.2) is 0 Å². The van der Waals surface area contributed by atoms with Gasteiger partial charge in [-0.1, -0.05) is 23.7 Å². The maximum absolute atomic E-state index is 9.47. The SMILES string of the molecule is Cc1ccc(C(CO)NCC2CCCO2)cc1Cl. The molecular formula is C14H20ClNO2. The van der Waals surface area contributed by atoms with Crippen LogP contribution in [0.5, 0.6) is 0 Å². The fourth-order valence-corrected chi connectivity index (χ4v) is 2.38. The second kappa shape index (κ2) is 6.53. The van der Waals surface area contributed by atoms with Crippen LogP contribution in [0.15, 0.2) is 18.2 Å². The van der Waals surface area contributed by atoms with E-state index >= 15 is 0 Å². The number of halogens is 1. The van der Waals surface area contributed by atoms with Crippen molar-refractivity contribution < 1.29 is 9.84 Å². The van der Waals surface area contributed by atoms with E-state index in [9.17, 15) is 5.11 Å². The van der Waals surface area contributed by atoms with Crippen LogP contribution in [0, 0.1) is 6.92 Å². The van der Waals surface area contributed by atoms with Gasteiger partial charge in [0.1, 0.15) is 0 Å². The van der Waals surface area contributed by atoms with Crippen molar-refractivity contribution >= 4 is 11.6 Å². The summed E-state index contributed by atoms with van der Waals surface area (Å²) in [5, 5.41) is 13.5. The van der Waals surface area contributed by atoms with E-state index in [1.54, 1.807) is 0 Å². The molecule has 4 heteroatoms. The molecule has 1 fully saturated rings. The molecule has 0 aliphatic carbocycles. The van der Waals surface area contributed by atoms with Crippen LogP contribution in [0.25, 0.3) is 0 Å². The Labute approximate surface area is 113 Å². The quantitative estimate of drug-likeness (QED) is 0.863. The minimum absolute atomic E-state index is 0.0616. The molecule has 2 atom stereocenters. The first-order valence-electron chi connectivity index (χ1n) is 6.42. The van der Waals surface area contributed by atoms with Crippen LogP contribution in [0.4, 0.5) is 0 Å². The normalized spacial score (nSPS) is 21.2. The molecule has 1 aliphatic heterocycles. The lowest BCUT2D eigenvalue weighted by atomic mass is 10.1. The molecule has 1 aromatic carbocycles. The zero-order valence-electron chi connectivity index (χ0n) is 10.7.